The van der Waals surface area contributed by atoms with Gasteiger partial charge < -0.3 is 15.8 Å². The summed E-state index contributed by atoms with van der Waals surface area (Å²) in [6.45, 7) is 0. The van der Waals surface area contributed by atoms with E-state index in [2.05, 4.69) is 10.3 Å². The molecular weight excluding hydrogens is 330 g/mol. The van der Waals surface area contributed by atoms with E-state index in [1.165, 1.54) is 13.3 Å². The molecule has 0 saturated heterocycles. The van der Waals surface area contributed by atoms with Crippen molar-refractivity contribution < 1.29 is 14.3 Å². The van der Waals surface area contributed by atoms with Crippen molar-refractivity contribution in [2.45, 2.75) is 18.6 Å². The van der Waals surface area contributed by atoms with Crippen molar-refractivity contribution in [3.63, 3.8) is 0 Å². The van der Waals surface area contributed by atoms with Crippen molar-refractivity contribution in [1.82, 2.24) is 10.3 Å². The molecule has 2 amide bonds. The van der Waals surface area contributed by atoms with Crippen LogP contribution in [0.5, 0.6) is 0 Å². The highest BCUT2D eigenvalue weighted by atomic mass is 35.5. The summed E-state index contributed by atoms with van der Waals surface area (Å²) in [5.41, 5.74) is 6.82. The maximum atomic E-state index is 12.5. The number of primary amides is 1. The normalized spacial score (nSPS) is 13.1. The fourth-order valence-corrected chi connectivity index (χ4v) is 2.37. The van der Waals surface area contributed by atoms with E-state index in [0.29, 0.717) is 10.7 Å². The number of hydrogen-bond donors (Lipinski definition) is 2. The molecule has 0 bridgehead atoms. The largest absolute Gasteiger partial charge is 0.368 e. The Morgan fingerprint density at radius 1 is 1.25 bits per heavy atom. The molecule has 6 nitrogen and oxygen atoms in total. The third-order valence-electron chi connectivity index (χ3n) is 3.46. The molecule has 0 aliphatic rings. The van der Waals surface area contributed by atoms with Gasteiger partial charge in [0.05, 0.1) is 0 Å². The number of ether oxygens (including phenoxy) is 1. The molecule has 3 N–H and O–H groups in total. The summed E-state index contributed by atoms with van der Waals surface area (Å²) in [6, 6.07) is 11.5. The van der Waals surface area contributed by atoms with Gasteiger partial charge in [0.25, 0.3) is 5.91 Å². The first kappa shape index (κ1) is 17.9. The van der Waals surface area contributed by atoms with Gasteiger partial charge in [-0.2, -0.15) is 0 Å². The molecular formula is C17H18ClN3O3. The Balaban J connectivity index is 2.10. The molecule has 1 heterocycles. The highest BCUT2D eigenvalue weighted by Crippen LogP contribution is 2.17. The minimum atomic E-state index is -0.873. The minimum Gasteiger partial charge on any atom is -0.368 e. The molecule has 0 aliphatic heterocycles. The molecule has 7 heteroatoms. The third-order valence-corrected chi connectivity index (χ3v) is 3.69. The number of halogens is 1. The number of carbonyl (C=O) groups excluding carboxylic acids is 2. The fraction of sp³-hybridized carbons (Fsp3) is 0.235. The third kappa shape index (κ3) is 4.78. The fourth-order valence-electron chi connectivity index (χ4n) is 2.26. The number of methoxy groups -OCH3 is 1. The highest BCUT2D eigenvalue weighted by molar-refractivity contribution is 6.29. The summed E-state index contributed by atoms with van der Waals surface area (Å²) >= 11 is 5.73. The average molecular weight is 348 g/mol. The predicted molar refractivity (Wildman–Crippen MR) is 90.3 cm³/mol. The quantitative estimate of drug-likeness (QED) is 0.744. The molecule has 126 valence electrons. The van der Waals surface area contributed by atoms with Gasteiger partial charge in [-0.3, -0.25) is 9.59 Å². The van der Waals surface area contributed by atoms with E-state index in [-0.39, 0.29) is 6.42 Å². The molecule has 2 atom stereocenters. The van der Waals surface area contributed by atoms with E-state index in [4.69, 9.17) is 22.1 Å². The number of rotatable bonds is 7. The number of carbonyl (C=O) groups is 2. The van der Waals surface area contributed by atoms with Gasteiger partial charge in [0.2, 0.25) is 5.91 Å². The number of amides is 2. The van der Waals surface area contributed by atoms with Crippen LogP contribution in [0.2, 0.25) is 5.15 Å². The van der Waals surface area contributed by atoms with Crippen LogP contribution < -0.4 is 11.1 Å². The Morgan fingerprint density at radius 3 is 2.50 bits per heavy atom. The summed E-state index contributed by atoms with van der Waals surface area (Å²) in [7, 11) is 1.43. The lowest BCUT2D eigenvalue weighted by Gasteiger charge is -2.20. The molecule has 1 aromatic heterocycles. The van der Waals surface area contributed by atoms with E-state index in [1.54, 1.807) is 36.4 Å². The first-order chi connectivity index (χ1) is 11.5. The van der Waals surface area contributed by atoms with E-state index >= 15 is 0 Å². The summed E-state index contributed by atoms with van der Waals surface area (Å²) < 4.78 is 5.25. The maximum Gasteiger partial charge on any atom is 0.254 e. The predicted octanol–water partition coefficient (Wildman–Crippen LogP) is 1.64. The van der Waals surface area contributed by atoms with Gasteiger partial charge in [0, 0.05) is 19.7 Å². The van der Waals surface area contributed by atoms with Crippen LogP contribution in [0.1, 0.15) is 17.2 Å². The minimum absolute atomic E-state index is 0.219. The molecule has 0 fully saturated rings. The number of pyridine rings is 1. The van der Waals surface area contributed by atoms with Crippen LogP contribution in [0.25, 0.3) is 0 Å². The van der Waals surface area contributed by atoms with Gasteiger partial charge >= 0.3 is 0 Å². The molecule has 1 aromatic carbocycles. The molecule has 24 heavy (non-hydrogen) atoms. The summed E-state index contributed by atoms with van der Waals surface area (Å²) in [4.78, 5) is 28.1. The number of nitrogens with two attached hydrogens (primary N) is 1. The van der Waals surface area contributed by atoms with Crippen LogP contribution in [0.15, 0.2) is 48.7 Å². The number of nitrogens with zero attached hydrogens (tertiary/aromatic N) is 1. The SMILES string of the molecule is CO[C@H](C(=O)N[C@H](Cc1ccc(Cl)nc1)C(N)=O)c1ccccc1. The molecule has 0 saturated carbocycles. The zero-order valence-corrected chi connectivity index (χ0v) is 13.9. The van der Waals surface area contributed by atoms with Gasteiger partial charge in [-0.05, 0) is 17.2 Å². The highest BCUT2D eigenvalue weighted by Gasteiger charge is 2.25. The molecule has 0 aliphatic carbocycles. The van der Waals surface area contributed by atoms with E-state index in [9.17, 15) is 9.59 Å². The van der Waals surface area contributed by atoms with Crippen molar-refractivity contribution in [2.24, 2.45) is 5.73 Å². The van der Waals surface area contributed by atoms with E-state index in [0.717, 1.165) is 5.56 Å². The zero-order chi connectivity index (χ0) is 17.5. The second kappa shape index (κ2) is 8.42. The Morgan fingerprint density at radius 2 is 1.96 bits per heavy atom. The molecule has 0 radical (unpaired) electrons. The molecule has 2 aromatic rings. The number of nitrogens with one attached hydrogen (secondary N) is 1. The van der Waals surface area contributed by atoms with Crippen LogP contribution in [-0.4, -0.2) is 29.9 Å². The van der Waals surface area contributed by atoms with Crippen molar-refractivity contribution >= 4 is 23.4 Å². The Kier molecular flexibility index (Phi) is 6.28. The monoisotopic (exact) mass is 347 g/mol. The lowest BCUT2D eigenvalue weighted by atomic mass is 10.1. The van der Waals surface area contributed by atoms with Gasteiger partial charge in [0.15, 0.2) is 6.10 Å². The summed E-state index contributed by atoms with van der Waals surface area (Å²) in [6.07, 6.45) is 0.933. The van der Waals surface area contributed by atoms with Gasteiger partial charge in [-0.1, -0.05) is 48.0 Å². The van der Waals surface area contributed by atoms with Crippen LogP contribution in [0.4, 0.5) is 0 Å². The van der Waals surface area contributed by atoms with Crippen molar-refractivity contribution in [1.29, 1.82) is 0 Å². The molecule has 0 unspecified atom stereocenters. The Hall–Kier alpha value is -2.44. The van der Waals surface area contributed by atoms with Crippen molar-refractivity contribution in [3.8, 4) is 0 Å². The zero-order valence-electron chi connectivity index (χ0n) is 13.1. The first-order valence-corrected chi connectivity index (χ1v) is 7.67. The standard InChI is InChI=1S/C17H18ClN3O3/c1-24-15(12-5-3-2-4-6-12)17(23)21-13(16(19)22)9-11-7-8-14(18)20-10-11/h2-8,10,13,15H,9H2,1H3,(H2,19,22)(H,21,23)/t13-,15+/m1/s1. The lowest BCUT2D eigenvalue weighted by molar-refractivity contribution is -0.134. The second-order valence-corrected chi connectivity index (χ2v) is 5.57. The van der Waals surface area contributed by atoms with Gasteiger partial charge in [0.1, 0.15) is 11.2 Å². The lowest BCUT2D eigenvalue weighted by Crippen LogP contribution is -2.47. The molecule has 0 spiro atoms. The van der Waals surface area contributed by atoms with Crippen LogP contribution in [0.3, 0.4) is 0 Å². The van der Waals surface area contributed by atoms with Gasteiger partial charge in [-0.25, -0.2) is 4.98 Å². The average Bonchev–Trinajstić information content (AvgIpc) is 2.57. The van der Waals surface area contributed by atoms with E-state index < -0.39 is 24.0 Å². The topological polar surface area (TPSA) is 94.3 Å². The maximum absolute atomic E-state index is 12.5. The Labute approximate surface area is 145 Å². The van der Waals surface area contributed by atoms with E-state index in [1.807, 2.05) is 6.07 Å². The van der Waals surface area contributed by atoms with Gasteiger partial charge in [-0.15, -0.1) is 0 Å². The smallest absolute Gasteiger partial charge is 0.254 e. The van der Waals surface area contributed by atoms with Crippen LogP contribution in [-0.2, 0) is 20.7 Å². The number of aromatic nitrogens is 1. The summed E-state index contributed by atoms with van der Waals surface area (Å²) in [5, 5.41) is 2.98. The second-order valence-electron chi connectivity index (χ2n) is 5.18. The number of hydrogen-bond acceptors (Lipinski definition) is 4. The molecule has 2 rings (SSSR count). The first-order valence-electron chi connectivity index (χ1n) is 7.29. The van der Waals surface area contributed by atoms with Crippen molar-refractivity contribution in [2.75, 3.05) is 7.11 Å². The van der Waals surface area contributed by atoms with Crippen molar-refractivity contribution in [3.05, 3.63) is 64.9 Å². The van der Waals surface area contributed by atoms with Crippen LogP contribution >= 0.6 is 11.6 Å². The summed E-state index contributed by atoms with van der Waals surface area (Å²) in [5.74, 6) is -1.07. The number of benzene rings is 1. The Bertz CT molecular complexity index is 692. The van der Waals surface area contributed by atoms with Crippen LogP contribution in [0, 0.1) is 0 Å².